The first-order valence-electron chi connectivity index (χ1n) is 7.07. The molecular formula is C16H21N3O. The first-order valence-corrected chi connectivity index (χ1v) is 7.07. The highest BCUT2D eigenvalue weighted by molar-refractivity contribution is 5.92. The quantitative estimate of drug-likeness (QED) is 0.908. The van der Waals surface area contributed by atoms with Crippen LogP contribution in [-0.4, -0.2) is 15.7 Å². The second kappa shape index (κ2) is 6.37. The van der Waals surface area contributed by atoms with Gasteiger partial charge in [-0.05, 0) is 37.5 Å². The summed E-state index contributed by atoms with van der Waals surface area (Å²) < 4.78 is 1.75. The largest absolute Gasteiger partial charge is 0.344 e. The van der Waals surface area contributed by atoms with Crippen LogP contribution in [0.4, 0.5) is 0 Å². The number of carbonyl (C=O) groups is 1. The number of hydrogen-bond acceptors (Lipinski definition) is 2. The smallest absolute Gasteiger partial charge is 0.272 e. The van der Waals surface area contributed by atoms with Crippen LogP contribution in [-0.2, 0) is 13.0 Å². The van der Waals surface area contributed by atoms with Crippen LogP contribution < -0.4 is 5.32 Å². The molecule has 0 unspecified atom stereocenters. The molecule has 0 fully saturated rings. The van der Waals surface area contributed by atoms with Crippen LogP contribution in [0.1, 0.15) is 48.4 Å². The van der Waals surface area contributed by atoms with E-state index in [1.165, 1.54) is 5.56 Å². The van der Waals surface area contributed by atoms with Crippen LogP contribution in [0, 0.1) is 0 Å². The maximum absolute atomic E-state index is 12.1. The highest BCUT2D eigenvalue weighted by atomic mass is 16.2. The average molecular weight is 271 g/mol. The lowest BCUT2D eigenvalue weighted by atomic mass is 10.0. The molecule has 1 aromatic heterocycles. The minimum atomic E-state index is -0.135. The molecule has 4 heteroatoms. The van der Waals surface area contributed by atoms with Crippen LogP contribution in [0.3, 0.4) is 0 Å². The summed E-state index contributed by atoms with van der Waals surface area (Å²) in [7, 11) is 0. The minimum absolute atomic E-state index is 0.0276. The number of benzene rings is 1. The minimum Gasteiger partial charge on any atom is -0.344 e. The van der Waals surface area contributed by atoms with Gasteiger partial charge in [-0.15, -0.1) is 0 Å². The fourth-order valence-corrected chi connectivity index (χ4v) is 2.05. The van der Waals surface area contributed by atoms with Gasteiger partial charge in [0.15, 0.2) is 0 Å². The molecule has 2 aromatic rings. The molecule has 0 aliphatic rings. The molecule has 4 nitrogen and oxygen atoms in total. The van der Waals surface area contributed by atoms with Gasteiger partial charge < -0.3 is 5.32 Å². The van der Waals surface area contributed by atoms with Crippen molar-refractivity contribution >= 4 is 5.91 Å². The van der Waals surface area contributed by atoms with E-state index < -0.39 is 0 Å². The number of nitrogens with zero attached hydrogens (tertiary/aromatic N) is 2. The molecule has 0 aliphatic heterocycles. The number of carbonyl (C=O) groups excluding carboxylic acids is 1. The SMILES string of the molecule is CCc1ccc([C@@H](C)NC(=O)c2ccn(CC)n2)cc1. The van der Waals surface area contributed by atoms with E-state index in [1.54, 1.807) is 10.7 Å². The average Bonchev–Trinajstić information content (AvgIpc) is 2.96. The number of hydrogen-bond donors (Lipinski definition) is 1. The topological polar surface area (TPSA) is 46.9 Å². The summed E-state index contributed by atoms with van der Waals surface area (Å²) in [6.45, 7) is 6.87. The van der Waals surface area contributed by atoms with Gasteiger partial charge in [0.05, 0.1) is 6.04 Å². The summed E-state index contributed by atoms with van der Waals surface area (Å²) in [5, 5.41) is 7.18. The van der Waals surface area contributed by atoms with Crippen molar-refractivity contribution < 1.29 is 4.79 Å². The maximum atomic E-state index is 12.1. The van der Waals surface area contributed by atoms with E-state index in [2.05, 4.69) is 41.6 Å². The zero-order valence-electron chi connectivity index (χ0n) is 12.3. The van der Waals surface area contributed by atoms with E-state index in [1.807, 2.05) is 20.0 Å². The molecule has 1 aromatic carbocycles. The number of rotatable bonds is 5. The highest BCUT2D eigenvalue weighted by Gasteiger charge is 2.13. The lowest BCUT2D eigenvalue weighted by molar-refractivity contribution is 0.0934. The van der Waals surface area contributed by atoms with Gasteiger partial charge in [0.1, 0.15) is 5.69 Å². The van der Waals surface area contributed by atoms with E-state index in [-0.39, 0.29) is 11.9 Å². The van der Waals surface area contributed by atoms with Crippen molar-refractivity contribution in [1.29, 1.82) is 0 Å². The van der Waals surface area contributed by atoms with Crippen molar-refractivity contribution in [2.75, 3.05) is 0 Å². The Hall–Kier alpha value is -2.10. The first-order chi connectivity index (χ1) is 9.63. The van der Waals surface area contributed by atoms with Crippen molar-refractivity contribution in [3.8, 4) is 0 Å². The normalized spacial score (nSPS) is 12.2. The van der Waals surface area contributed by atoms with Gasteiger partial charge in [0, 0.05) is 12.7 Å². The van der Waals surface area contributed by atoms with Gasteiger partial charge in [0.2, 0.25) is 0 Å². The van der Waals surface area contributed by atoms with Gasteiger partial charge >= 0.3 is 0 Å². The zero-order chi connectivity index (χ0) is 14.5. The Labute approximate surface area is 119 Å². The summed E-state index contributed by atoms with van der Waals surface area (Å²) >= 11 is 0. The summed E-state index contributed by atoms with van der Waals surface area (Å²) in [5.41, 5.74) is 2.86. The Balaban J connectivity index is 2.02. The second-order valence-electron chi connectivity index (χ2n) is 4.85. The van der Waals surface area contributed by atoms with Gasteiger partial charge in [-0.2, -0.15) is 5.10 Å². The third-order valence-electron chi connectivity index (χ3n) is 3.43. The van der Waals surface area contributed by atoms with Crippen LogP contribution >= 0.6 is 0 Å². The molecule has 0 saturated carbocycles. The lowest BCUT2D eigenvalue weighted by Crippen LogP contribution is -2.27. The number of amides is 1. The van der Waals surface area contributed by atoms with E-state index in [4.69, 9.17) is 0 Å². The molecule has 106 valence electrons. The predicted octanol–water partition coefficient (Wildman–Crippen LogP) is 2.96. The predicted molar refractivity (Wildman–Crippen MR) is 79.6 cm³/mol. The second-order valence-corrected chi connectivity index (χ2v) is 4.85. The summed E-state index contributed by atoms with van der Waals surface area (Å²) in [6.07, 6.45) is 2.84. The van der Waals surface area contributed by atoms with E-state index >= 15 is 0 Å². The van der Waals surface area contributed by atoms with Crippen LogP contribution in [0.5, 0.6) is 0 Å². The van der Waals surface area contributed by atoms with Crippen LogP contribution in [0.2, 0.25) is 0 Å². The van der Waals surface area contributed by atoms with Crippen LogP contribution in [0.25, 0.3) is 0 Å². The van der Waals surface area contributed by atoms with Crippen molar-refractivity contribution in [2.24, 2.45) is 0 Å². The van der Waals surface area contributed by atoms with Crippen molar-refractivity contribution in [1.82, 2.24) is 15.1 Å². The van der Waals surface area contributed by atoms with Crippen molar-refractivity contribution in [2.45, 2.75) is 39.8 Å². The Bertz CT molecular complexity index is 572. The highest BCUT2D eigenvalue weighted by Crippen LogP contribution is 2.14. The van der Waals surface area contributed by atoms with Gasteiger partial charge in [-0.1, -0.05) is 31.2 Å². The molecule has 2 rings (SSSR count). The molecule has 1 amide bonds. The van der Waals surface area contributed by atoms with E-state index in [9.17, 15) is 4.79 Å². The molecule has 20 heavy (non-hydrogen) atoms. The molecular weight excluding hydrogens is 250 g/mol. The molecule has 1 atom stereocenters. The molecule has 0 radical (unpaired) electrons. The number of nitrogens with one attached hydrogen (secondary N) is 1. The zero-order valence-corrected chi connectivity index (χ0v) is 12.3. The molecule has 0 saturated heterocycles. The van der Waals surface area contributed by atoms with Gasteiger partial charge in [-0.3, -0.25) is 9.48 Å². The van der Waals surface area contributed by atoms with Gasteiger partial charge in [0.25, 0.3) is 5.91 Å². The maximum Gasteiger partial charge on any atom is 0.272 e. The number of aryl methyl sites for hydroxylation is 2. The molecule has 1 N–H and O–H groups in total. The number of aromatic nitrogens is 2. The molecule has 0 bridgehead atoms. The Morgan fingerprint density at radius 2 is 1.95 bits per heavy atom. The van der Waals surface area contributed by atoms with Crippen molar-refractivity contribution in [3.05, 3.63) is 53.3 Å². The Morgan fingerprint density at radius 3 is 2.50 bits per heavy atom. The lowest BCUT2D eigenvalue weighted by Gasteiger charge is -2.13. The molecule has 1 heterocycles. The third-order valence-corrected chi connectivity index (χ3v) is 3.43. The van der Waals surface area contributed by atoms with Gasteiger partial charge in [-0.25, -0.2) is 0 Å². The fourth-order valence-electron chi connectivity index (χ4n) is 2.05. The Kier molecular flexibility index (Phi) is 4.56. The standard InChI is InChI=1S/C16H21N3O/c1-4-13-6-8-14(9-7-13)12(3)17-16(20)15-10-11-19(5-2)18-15/h6-12H,4-5H2,1-3H3,(H,17,20)/t12-/m1/s1. The van der Waals surface area contributed by atoms with Crippen LogP contribution in [0.15, 0.2) is 36.5 Å². The van der Waals surface area contributed by atoms with E-state index in [0.29, 0.717) is 5.69 Å². The molecule has 0 spiro atoms. The first kappa shape index (κ1) is 14.3. The summed E-state index contributed by atoms with van der Waals surface area (Å²) in [6, 6.07) is 10.0. The fraction of sp³-hybridized carbons (Fsp3) is 0.375. The Morgan fingerprint density at radius 1 is 1.25 bits per heavy atom. The summed E-state index contributed by atoms with van der Waals surface area (Å²) in [5.74, 6) is -0.135. The van der Waals surface area contributed by atoms with Crippen molar-refractivity contribution in [3.63, 3.8) is 0 Å². The molecule has 0 aliphatic carbocycles. The van der Waals surface area contributed by atoms with E-state index in [0.717, 1.165) is 18.5 Å². The third kappa shape index (κ3) is 3.26. The summed E-state index contributed by atoms with van der Waals surface area (Å²) in [4.78, 5) is 12.1. The monoisotopic (exact) mass is 271 g/mol.